The molecule has 112 valence electrons. The first-order valence-corrected chi connectivity index (χ1v) is 6.70. The third-order valence-corrected chi connectivity index (χ3v) is 2.80. The summed E-state index contributed by atoms with van der Waals surface area (Å²) in [5.74, 6) is 0.760. The molecule has 0 saturated heterocycles. The molecule has 0 aliphatic rings. The normalized spacial score (nSPS) is 10.4. The van der Waals surface area contributed by atoms with Crippen LogP contribution in [0.25, 0.3) is 0 Å². The molecule has 0 bridgehead atoms. The molecule has 0 spiro atoms. The molecule has 0 radical (unpaired) electrons. The average molecular weight is 290 g/mol. The van der Waals surface area contributed by atoms with E-state index in [0.29, 0.717) is 42.5 Å². The van der Waals surface area contributed by atoms with Crippen LogP contribution < -0.4 is 11.1 Å². The zero-order valence-electron chi connectivity index (χ0n) is 12.0. The summed E-state index contributed by atoms with van der Waals surface area (Å²) in [7, 11) is 0. The highest BCUT2D eigenvalue weighted by molar-refractivity contribution is 5.96. The lowest BCUT2D eigenvalue weighted by Crippen LogP contribution is -2.10. The number of aromatic nitrogens is 2. The summed E-state index contributed by atoms with van der Waals surface area (Å²) < 4.78 is 9.86. The van der Waals surface area contributed by atoms with Crippen molar-refractivity contribution in [1.82, 2.24) is 10.1 Å². The maximum absolute atomic E-state index is 11.8. The molecule has 2 aromatic rings. The molecule has 0 atom stereocenters. The highest BCUT2D eigenvalue weighted by atomic mass is 16.5. The smallest absolute Gasteiger partial charge is 0.340 e. The van der Waals surface area contributed by atoms with Crippen molar-refractivity contribution in [3.63, 3.8) is 0 Å². The number of nitrogens with one attached hydrogen (secondary N) is 1. The number of hydrogen-bond acceptors (Lipinski definition) is 7. The first-order valence-electron chi connectivity index (χ1n) is 6.70. The Labute approximate surface area is 122 Å². The Balaban J connectivity index is 1.97. The monoisotopic (exact) mass is 290 g/mol. The van der Waals surface area contributed by atoms with Gasteiger partial charge in [0.2, 0.25) is 5.89 Å². The minimum absolute atomic E-state index is 0.313. The van der Waals surface area contributed by atoms with E-state index in [4.69, 9.17) is 15.0 Å². The predicted octanol–water partition coefficient (Wildman–Crippen LogP) is 1.79. The summed E-state index contributed by atoms with van der Waals surface area (Å²) >= 11 is 0. The second-order valence-electron chi connectivity index (χ2n) is 4.43. The molecule has 0 saturated carbocycles. The topological polar surface area (TPSA) is 103 Å². The van der Waals surface area contributed by atoms with E-state index < -0.39 is 5.97 Å². The summed E-state index contributed by atoms with van der Waals surface area (Å²) in [6, 6.07) is 5.15. The quantitative estimate of drug-likeness (QED) is 0.617. The van der Waals surface area contributed by atoms with Crippen LogP contribution in [-0.2, 0) is 11.2 Å². The van der Waals surface area contributed by atoms with E-state index in [9.17, 15) is 4.79 Å². The number of anilines is 2. The van der Waals surface area contributed by atoms with Crippen LogP contribution in [0, 0.1) is 6.92 Å². The van der Waals surface area contributed by atoms with Crippen molar-refractivity contribution in [3.05, 3.63) is 35.5 Å². The van der Waals surface area contributed by atoms with Gasteiger partial charge in [0.05, 0.1) is 12.2 Å². The number of aryl methyl sites for hydroxylation is 1. The minimum atomic E-state index is -0.424. The van der Waals surface area contributed by atoms with Crippen molar-refractivity contribution in [2.24, 2.45) is 0 Å². The van der Waals surface area contributed by atoms with Gasteiger partial charge in [-0.1, -0.05) is 5.16 Å². The van der Waals surface area contributed by atoms with Gasteiger partial charge < -0.3 is 20.3 Å². The molecular weight excluding hydrogens is 272 g/mol. The van der Waals surface area contributed by atoms with Crippen LogP contribution in [-0.4, -0.2) is 29.3 Å². The van der Waals surface area contributed by atoms with Gasteiger partial charge in [-0.05, 0) is 25.1 Å². The van der Waals surface area contributed by atoms with Crippen LogP contribution in [0.5, 0.6) is 0 Å². The molecule has 0 amide bonds. The summed E-state index contributed by atoms with van der Waals surface area (Å²) in [6.07, 6.45) is 0.621. The molecule has 1 aromatic heterocycles. The van der Waals surface area contributed by atoms with Gasteiger partial charge in [-0.3, -0.25) is 0 Å². The van der Waals surface area contributed by atoms with Gasteiger partial charge in [0, 0.05) is 31.3 Å². The standard InChI is InChI=1S/C14H18N4O3/c1-3-20-14(19)11-8-10(4-5-12(11)15)16-7-6-13-17-9(2)21-18-13/h4-5,8,16H,3,6-7,15H2,1-2H3. The SMILES string of the molecule is CCOC(=O)c1cc(NCCc2noc(C)n2)ccc1N. The molecule has 1 aromatic carbocycles. The Morgan fingerprint density at radius 2 is 2.29 bits per heavy atom. The second-order valence-corrected chi connectivity index (χ2v) is 4.43. The van der Waals surface area contributed by atoms with Crippen LogP contribution in [0.15, 0.2) is 22.7 Å². The van der Waals surface area contributed by atoms with E-state index >= 15 is 0 Å². The van der Waals surface area contributed by atoms with Gasteiger partial charge in [-0.25, -0.2) is 4.79 Å². The lowest BCUT2D eigenvalue weighted by atomic mass is 10.1. The number of ether oxygens (including phenoxy) is 1. The van der Waals surface area contributed by atoms with Crippen molar-refractivity contribution in [1.29, 1.82) is 0 Å². The van der Waals surface area contributed by atoms with Crippen molar-refractivity contribution in [2.75, 3.05) is 24.2 Å². The Bertz CT molecular complexity index is 624. The van der Waals surface area contributed by atoms with Gasteiger partial charge >= 0.3 is 5.97 Å². The molecular formula is C14H18N4O3. The summed E-state index contributed by atoms with van der Waals surface area (Å²) in [4.78, 5) is 15.9. The lowest BCUT2D eigenvalue weighted by molar-refractivity contribution is 0.0527. The number of carbonyl (C=O) groups excluding carboxylic acids is 1. The zero-order valence-corrected chi connectivity index (χ0v) is 12.0. The second kappa shape index (κ2) is 6.74. The van der Waals surface area contributed by atoms with Gasteiger partial charge in [-0.2, -0.15) is 4.98 Å². The van der Waals surface area contributed by atoms with Gasteiger partial charge in [0.1, 0.15) is 0 Å². The fourth-order valence-electron chi connectivity index (χ4n) is 1.81. The molecule has 0 aliphatic carbocycles. The van der Waals surface area contributed by atoms with Crippen LogP contribution >= 0.6 is 0 Å². The molecule has 0 unspecified atom stereocenters. The van der Waals surface area contributed by atoms with E-state index in [-0.39, 0.29) is 0 Å². The summed E-state index contributed by atoms with van der Waals surface area (Å²) in [6.45, 7) is 4.43. The maximum atomic E-state index is 11.8. The number of hydrogen-bond donors (Lipinski definition) is 2. The van der Waals surface area contributed by atoms with Crippen molar-refractivity contribution in [3.8, 4) is 0 Å². The van der Waals surface area contributed by atoms with Gasteiger partial charge in [0.25, 0.3) is 0 Å². The number of nitrogens with zero attached hydrogens (tertiary/aromatic N) is 2. The zero-order chi connectivity index (χ0) is 15.2. The van der Waals surface area contributed by atoms with Crippen LogP contribution in [0.2, 0.25) is 0 Å². The van der Waals surface area contributed by atoms with Crippen LogP contribution in [0.3, 0.4) is 0 Å². The molecule has 2 rings (SSSR count). The van der Waals surface area contributed by atoms with E-state index in [2.05, 4.69) is 15.5 Å². The number of rotatable bonds is 6. The Morgan fingerprint density at radius 3 is 2.95 bits per heavy atom. The largest absolute Gasteiger partial charge is 0.462 e. The fourth-order valence-corrected chi connectivity index (χ4v) is 1.81. The maximum Gasteiger partial charge on any atom is 0.340 e. The van der Waals surface area contributed by atoms with Gasteiger partial charge in [0.15, 0.2) is 5.82 Å². The number of carbonyl (C=O) groups is 1. The highest BCUT2D eigenvalue weighted by Gasteiger charge is 2.11. The summed E-state index contributed by atoms with van der Waals surface area (Å²) in [5, 5.41) is 6.99. The third-order valence-electron chi connectivity index (χ3n) is 2.80. The van der Waals surface area contributed by atoms with Crippen molar-refractivity contribution < 1.29 is 14.1 Å². The number of nitrogen functional groups attached to an aromatic ring is 1. The predicted molar refractivity (Wildman–Crippen MR) is 78.0 cm³/mol. The van der Waals surface area contributed by atoms with Crippen LogP contribution in [0.4, 0.5) is 11.4 Å². The van der Waals surface area contributed by atoms with Gasteiger partial charge in [-0.15, -0.1) is 0 Å². The molecule has 7 nitrogen and oxygen atoms in total. The van der Waals surface area contributed by atoms with Crippen molar-refractivity contribution >= 4 is 17.3 Å². The van der Waals surface area contributed by atoms with E-state index in [0.717, 1.165) is 5.69 Å². The van der Waals surface area contributed by atoms with E-state index in [1.165, 1.54) is 0 Å². The number of esters is 1. The molecule has 1 heterocycles. The molecule has 3 N–H and O–H groups in total. The Hall–Kier alpha value is -2.57. The highest BCUT2D eigenvalue weighted by Crippen LogP contribution is 2.19. The van der Waals surface area contributed by atoms with E-state index in [1.54, 1.807) is 32.0 Å². The lowest BCUT2D eigenvalue weighted by Gasteiger charge is -2.09. The molecule has 21 heavy (non-hydrogen) atoms. The third kappa shape index (κ3) is 3.95. The van der Waals surface area contributed by atoms with Crippen molar-refractivity contribution in [2.45, 2.75) is 20.3 Å². The average Bonchev–Trinajstić information content (AvgIpc) is 2.86. The Morgan fingerprint density at radius 1 is 1.48 bits per heavy atom. The first-order chi connectivity index (χ1) is 10.1. The molecule has 0 fully saturated rings. The molecule has 0 aliphatic heterocycles. The minimum Gasteiger partial charge on any atom is -0.462 e. The van der Waals surface area contributed by atoms with Crippen LogP contribution in [0.1, 0.15) is 29.0 Å². The number of nitrogens with two attached hydrogens (primary N) is 1. The Kier molecular flexibility index (Phi) is 4.76. The van der Waals surface area contributed by atoms with E-state index in [1.807, 2.05) is 0 Å². The summed E-state index contributed by atoms with van der Waals surface area (Å²) in [5.41, 5.74) is 7.32. The first kappa shape index (κ1) is 14.8. The molecule has 7 heteroatoms. The fraction of sp³-hybridized carbons (Fsp3) is 0.357. The number of benzene rings is 1.